The number of benzene rings is 1. The zero-order valence-corrected chi connectivity index (χ0v) is 11.9. The molecule has 0 fully saturated rings. The van der Waals surface area contributed by atoms with Crippen LogP contribution in [0.2, 0.25) is 0 Å². The largest absolute Gasteiger partial charge is 0.394 e. The highest BCUT2D eigenvalue weighted by Crippen LogP contribution is 2.19. The zero-order valence-electron chi connectivity index (χ0n) is 11.9. The highest BCUT2D eigenvalue weighted by Gasteiger charge is 2.24. The summed E-state index contributed by atoms with van der Waals surface area (Å²) >= 11 is 0. The van der Waals surface area contributed by atoms with Crippen LogP contribution in [0.3, 0.4) is 0 Å². The smallest absolute Gasteiger partial charge is 0.0652 e. The van der Waals surface area contributed by atoms with Crippen molar-refractivity contribution in [1.82, 2.24) is 5.32 Å². The van der Waals surface area contributed by atoms with E-state index < -0.39 is 5.54 Å². The number of hydrogen-bond acceptors (Lipinski definition) is 3. The summed E-state index contributed by atoms with van der Waals surface area (Å²) in [6, 6.07) is 9.98. The molecule has 0 saturated heterocycles. The summed E-state index contributed by atoms with van der Waals surface area (Å²) in [5, 5.41) is 13.0. The molecule has 3 heteroatoms. The molecular formula is C15H25NO2. The standard InChI is InChI=1S/C15H25NO2/c1-14(2,3)18-11-10-16-15(4,12-17)13-8-6-5-7-9-13/h5-9,16-17H,10-12H2,1-4H3. The Morgan fingerprint density at radius 2 is 1.72 bits per heavy atom. The van der Waals surface area contributed by atoms with Gasteiger partial charge in [-0.1, -0.05) is 30.3 Å². The predicted octanol–water partition coefficient (Wildman–Crippen LogP) is 2.30. The van der Waals surface area contributed by atoms with Crippen molar-refractivity contribution in [2.45, 2.75) is 38.8 Å². The molecule has 1 rings (SSSR count). The molecule has 3 nitrogen and oxygen atoms in total. The third-order valence-corrected chi connectivity index (χ3v) is 2.88. The van der Waals surface area contributed by atoms with Crippen LogP contribution in [-0.2, 0) is 10.3 Å². The van der Waals surface area contributed by atoms with E-state index in [-0.39, 0.29) is 12.2 Å². The minimum Gasteiger partial charge on any atom is -0.394 e. The number of aliphatic hydroxyl groups excluding tert-OH is 1. The van der Waals surface area contributed by atoms with Gasteiger partial charge in [0.1, 0.15) is 0 Å². The van der Waals surface area contributed by atoms with E-state index in [1.807, 2.05) is 58.0 Å². The van der Waals surface area contributed by atoms with E-state index >= 15 is 0 Å². The molecule has 0 saturated carbocycles. The van der Waals surface area contributed by atoms with Gasteiger partial charge in [-0.15, -0.1) is 0 Å². The average molecular weight is 251 g/mol. The second-order valence-corrected chi connectivity index (χ2v) is 5.74. The lowest BCUT2D eigenvalue weighted by Crippen LogP contribution is -2.44. The topological polar surface area (TPSA) is 41.5 Å². The maximum atomic E-state index is 9.59. The molecule has 1 atom stereocenters. The van der Waals surface area contributed by atoms with E-state index in [1.165, 1.54) is 0 Å². The lowest BCUT2D eigenvalue weighted by atomic mass is 9.93. The molecule has 0 amide bonds. The van der Waals surface area contributed by atoms with Crippen molar-refractivity contribution in [3.63, 3.8) is 0 Å². The third kappa shape index (κ3) is 4.77. The van der Waals surface area contributed by atoms with Crippen LogP contribution in [0.1, 0.15) is 33.3 Å². The van der Waals surface area contributed by atoms with E-state index in [2.05, 4.69) is 5.32 Å². The number of ether oxygens (including phenoxy) is 1. The van der Waals surface area contributed by atoms with Crippen molar-refractivity contribution in [3.8, 4) is 0 Å². The lowest BCUT2D eigenvalue weighted by molar-refractivity contribution is -0.00451. The van der Waals surface area contributed by atoms with Crippen LogP contribution in [-0.4, -0.2) is 30.5 Å². The zero-order chi connectivity index (χ0) is 13.6. The van der Waals surface area contributed by atoms with E-state index in [9.17, 15) is 5.11 Å². The molecule has 0 aliphatic carbocycles. The van der Waals surface area contributed by atoms with E-state index in [1.54, 1.807) is 0 Å². The maximum Gasteiger partial charge on any atom is 0.0652 e. The van der Waals surface area contributed by atoms with Gasteiger partial charge in [0.25, 0.3) is 0 Å². The number of rotatable bonds is 6. The summed E-state index contributed by atoms with van der Waals surface area (Å²) < 4.78 is 5.66. The molecule has 0 bridgehead atoms. The van der Waals surface area contributed by atoms with E-state index in [0.29, 0.717) is 13.2 Å². The Balaban J connectivity index is 2.52. The van der Waals surface area contributed by atoms with Crippen LogP contribution in [0, 0.1) is 0 Å². The lowest BCUT2D eigenvalue weighted by Gasteiger charge is -2.30. The van der Waals surface area contributed by atoms with Crippen LogP contribution in [0.5, 0.6) is 0 Å². The fourth-order valence-electron chi connectivity index (χ4n) is 1.74. The van der Waals surface area contributed by atoms with Gasteiger partial charge < -0.3 is 15.2 Å². The molecule has 0 spiro atoms. The van der Waals surface area contributed by atoms with Gasteiger partial charge in [-0.05, 0) is 33.3 Å². The Morgan fingerprint density at radius 1 is 1.11 bits per heavy atom. The maximum absolute atomic E-state index is 9.59. The summed E-state index contributed by atoms with van der Waals surface area (Å²) in [4.78, 5) is 0. The molecule has 18 heavy (non-hydrogen) atoms. The molecule has 0 aromatic heterocycles. The van der Waals surface area contributed by atoms with Crippen molar-refractivity contribution in [1.29, 1.82) is 0 Å². The van der Waals surface area contributed by atoms with Gasteiger partial charge in [-0.2, -0.15) is 0 Å². The fraction of sp³-hybridized carbons (Fsp3) is 0.600. The monoisotopic (exact) mass is 251 g/mol. The first kappa shape index (κ1) is 15.2. The Hall–Kier alpha value is -0.900. The number of nitrogens with one attached hydrogen (secondary N) is 1. The highest BCUT2D eigenvalue weighted by atomic mass is 16.5. The van der Waals surface area contributed by atoms with Gasteiger partial charge in [0.05, 0.1) is 24.4 Å². The van der Waals surface area contributed by atoms with E-state index in [0.717, 1.165) is 5.56 Å². The molecule has 0 aliphatic rings. The quantitative estimate of drug-likeness (QED) is 0.762. The van der Waals surface area contributed by atoms with Gasteiger partial charge in [0, 0.05) is 6.54 Å². The minimum atomic E-state index is -0.414. The SMILES string of the molecule is CC(C)(C)OCCNC(C)(CO)c1ccccc1. The molecule has 0 heterocycles. The molecular weight excluding hydrogens is 226 g/mol. The second-order valence-electron chi connectivity index (χ2n) is 5.74. The molecule has 0 radical (unpaired) electrons. The Labute approximate surface area is 110 Å². The van der Waals surface area contributed by atoms with Crippen molar-refractivity contribution >= 4 is 0 Å². The number of hydrogen-bond donors (Lipinski definition) is 2. The van der Waals surface area contributed by atoms with Crippen LogP contribution in [0.15, 0.2) is 30.3 Å². The van der Waals surface area contributed by atoms with Crippen LogP contribution >= 0.6 is 0 Å². The Bertz CT molecular complexity index is 345. The molecule has 102 valence electrons. The molecule has 1 aromatic carbocycles. The second kappa shape index (κ2) is 6.32. The van der Waals surface area contributed by atoms with Gasteiger partial charge in [0.2, 0.25) is 0 Å². The molecule has 1 aromatic rings. The van der Waals surface area contributed by atoms with Crippen LogP contribution in [0.4, 0.5) is 0 Å². The first-order valence-corrected chi connectivity index (χ1v) is 6.43. The van der Waals surface area contributed by atoms with Gasteiger partial charge in [0.15, 0.2) is 0 Å². The van der Waals surface area contributed by atoms with Gasteiger partial charge in [-0.25, -0.2) is 0 Å². The minimum absolute atomic E-state index is 0.0620. The summed E-state index contributed by atoms with van der Waals surface area (Å²) in [6.07, 6.45) is 0. The average Bonchev–Trinajstić information content (AvgIpc) is 2.34. The van der Waals surface area contributed by atoms with Gasteiger partial charge >= 0.3 is 0 Å². The molecule has 0 aliphatic heterocycles. The van der Waals surface area contributed by atoms with Crippen molar-refractivity contribution in [2.75, 3.05) is 19.8 Å². The normalized spacial score (nSPS) is 15.4. The van der Waals surface area contributed by atoms with Crippen LogP contribution in [0.25, 0.3) is 0 Å². The summed E-state index contributed by atoms with van der Waals surface area (Å²) in [6.45, 7) is 9.52. The molecule has 1 unspecified atom stereocenters. The highest BCUT2D eigenvalue weighted by molar-refractivity contribution is 5.23. The first-order chi connectivity index (χ1) is 8.37. The summed E-state index contributed by atoms with van der Waals surface area (Å²) in [7, 11) is 0. The fourth-order valence-corrected chi connectivity index (χ4v) is 1.74. The van der Waals surface area contributed by atoms with Gasteiger partial charge in [-0.3, -0.25) is 0 Å². The van der Waals surface area contributed by atoms with Crippen molar-refractivity contribution in [3.05, 3.63) is 35.9 Å². The first-order valence-electron chi connectivity index (χ1n) is 6.43. The molecule has 2 N–H and O–H groups in total. The summed E-state index contributed by atoms with van der Waals surface area (Å²) in [5.41, 5.74) is 0.551. The Kier molecular flexibility index (Phi) is 5.32. The summed E-state index contributed by atoms with van der Waals surface area (Å²) in [5.74, 6) is 0. The predicted molar refractivity (Wildman–Crippen MR) is 74.6 cm³/mol. The number of aliphatic hydroxyl groups is 1. The van der Waals surface area contributed by atoms with Crippen molar-refractivity contribution < 1.29 is 9.84 Å². The Morgan fingerprint density at radius 3 is 2.22 bits per heavy atom. The van der Waals surface area contributed by atoms with E-state index in [4.69, 9.17) is 4.74 Å². The van der Waals surface area contributed by atoms with Crippen molar-refractivity contribution in [2.24, 2.45) is 0 Å². The van der Waals surface area contributed by atoms with Crippen LogP contribution < -0.4 is 5.32 Å². The third-order valence-electron chi connectivity index (χ3n) is 2.88.